The van der Waals surface area contributed by atoms with Crippen molar-refractivity contribution in [3.63, 3.8) is 0 Å². The summed E-state index contributed by atoms with van der Waals surface area (Å²) in [4.78, 5) is 10.5. The molecular weight excluding hydrogens is 294 g/mol. The van der Waals surface area contributed by atoms with Gasteiger partial charge < -0.3 is 9.47 Å². The molecule has 0 amide bonds. The molecule has 6 heteroatoms. The number of halogens is 1. The third kappa shape index (κ3) is 3.64. The fourth-order valence-corrected chi connectivity index (χ4v) is 2.05. The molecule has 2 rings (SSSR count). The van der Waals surface area contributed by atoms with Crippen molar-refractivity contribution in [2.45, 2.75) is 12.5 Å². The number of hydrogen-bond acceptors (Lipinski definition) is 4. The topological polar surface area (TPSA) is 61.6 Å². The highest BCUT2D eigenvalue weighted by Crippen LogP contribution is 2.30. The van der Waals surface area contributed by atoms with Crippen LogP contribution in [0.4, 0.5) is 5.69 Å². The first-order chi connectivity index (χ1) is 10.2. The maximum absolute atomic E-state index is 11.0. The number of rotatable bonds is 6. The third-order valence-corrected chi connectivity index (χ3v) is 3.26. The molecule has 0 fully saturated rings. The molecule has 21 heavy (non-hydrogen) atoms. The van der Waals surface area contributed by atoms with Gasteiger partial charge in [-0.05, 0) is 23.8 Å². The average molecular weight is 308 g/mol. The molecule has 0 aliphatic rings. The maximum atomic E-state index is 11.0. The summed E-state index contributed by atoms with van der Waals surface area (Å²) in [5.74, 6) is 1.44. The molecule has 0 unspecified atom stereocenters. The van der Waals surface area contributed by atoms with Crippen LogP contribution in [0.15, 0.2) is 42.5 Å². The number of nitrogens with zero attached hydrogens (tertiary/aromatic N) is 1. The maximum Gasteiger partial charge on any atom is 0.276 e. The number of benzene rings is 2. The summed E-state index contributed by atoms with van der Waals surface area (Å²) in [7, 11) is 1.53. The SMILES string of the molecule is COc1cc(CCl)ccc1OCc1ccccc1[N+](=O)[O-]. The standard InChI is InChI=1S/C15H14ClNO4/c1-20-15-8-11(9-16)6-7-14(15)21-10-12-4-2-3-5-13(12)17(18)19/h2-8H,9-10H2,1H3. The highest BCUT2D eigenvalue weighted by atomic mass is 35.5. The summed E-state index contributed by atoms with van der Waals surface area (Å²) < 4.78 is 10.9. The van der Waals surface area contributed by atoms with Crippen LogP contribution < -0.4 is 9.47 Å². The van der Waals surface area contributed by atoms with Gasteiger partial charge in [0.2, 0.25) is 0 Å². The van der Waals surface area contributed by atoms with E-state index in [0.717, 1.165) is 5.56 Å². The van der Waals surface area contributed by atoms with Crippen molar-refractivity contribution in [2.75, 3.05) is 7.11 Å². The van der Waals surface area contributed by atoms with E-state index in [1.807, 2.05) is 6.07 Å². The molecule has 110 valence electrons. The van der Waals surface area contributed by atoms with Gasteiger partial charge in [0.1, 0.15) is 6.61 Å². The average Bonchev–Trinajstić information content (AvgIpc) is 2.52. The Morgan fingerprint density at radius 3 is 2.62 bits per heavy atom. The number of ether oxygens (including phenoxy) is 2. The lowest BCUT2D eigenvalue weighted by Crippen LogP contribution is -2.01. The van der Waals surface area contributed by atoms with Crippen molar-refractivity contribution < 1.29 is 14.4 Å². The fourth-order valence-electron chi connectivity index (χ4n) is 1.88. The highest BCUT2D eigenvalue weighted by molar-refractivity contribution is 6.17. The van der Waals surface area contributed by atoms with Gasteiger partial charge in [-0.1, -0.05) is 18.2 Å². The van der Waals surface area contributed by atoms with Crippen molar-refractivity contribution in [2.24, 2.45) is 0 Å². The summed E-state index contributed by atoms with van der Waals surface area (Å²) >= 11 is 5.77. The van der Waals surface area contributed by atoms with E-state index >= 15 is 0 Å². The van der Waals surface area contributed by atoms with Crippen LogP contribution in [0, 0.1) is 10.1 Å². The quantitative estimate of drug-likeness (QED) is 0.461. The van der Waals surface area contributed by atoms with Gasteiger partial charge in [0.05, 0.1) is 17.6 Å². The van der Waals surface area contributed by atoms with Gasteiger partial charge in [0.25, 0.3) is 5.69 Å². The van der Waals surface area contributed by atoms with E-state index in [1.54, 1.807) is 30.3 Å². The lowest BCUT2D eigenvalue weighted by atomic mass is 10.2. The van der Waals surface area contributed by atoms with Crippen molar-refractivity contribution >= 4 is 17.3 Å². The first kappa shape index (κ1) is 15.1. The van der Waals surface area contributed by atoms with E-state index in [0.29, 0.717) is 22.9 Å². The normalized spacial score (nSPS) is 10.2. The Hall–Kier alpha value is -2.27. The first-order valence-electron chi connectivity index (χ1n) is 6.23. The van der Waals surface area contributed by atoms with Crippen molar-refractivity contribution in [3.8, 4) is 11.5 Å². The van der Waals surface area contributed by atoms with Crippen molar-refractivity contribution in [1.82, 2.24) is 0 Å². The summed E-state index contributed by atoms with van der Waals surface area (Å²) in [6.45, 7) is 0.0910. The van der Waals surface area contributed by atoms with Crippen LogP contribution in [-0.4, -0.2) is 12.0 Å². The summed E-state index contributed by atoms with van der Waals surface area (Å²) in [6.07, 6.45) is 0. The Labute approximate surface area is 127 Å². The van der Waals surface area contributed by atoms with E-state index in [9.17, 15) is 10.1 Å². The molecule has 5 nitrogen and oxygen atoms in total. The predicted molar refractivity (Wildman–Crippen MR) is 80.0 cm³/mol. The molecule has 0 saturated heterocycles. The zero-order valence-electron chi connectivity index (χ0n) is 11.4. The van der Waals surface area contributed by atoms with Gasteiger partial charge in [-0.3, -0.25) is 10.1 Å². The first-order valence-corrected chi connectivity index (χ1v) is 6.77. The van der Waals surface area contributed by atoms with Gasteiger partial charge in [-0.15, -0.1) is 11.6 Å². The molecule has 2 aromatic rings. The number of nitro groups is 1. The molecule has 0 aromatic heterocycles. The minimum Gasteiger partial charge on any atom is -0.493 e. The van der Waals surface area contributed by atoms with Crippen LogP contribution >= 0.6 is 11.6 Å². The minimum atomic E-state index is -0.424. The smallest absolute Gasteiger partial charge is 0.276 e. The Bertz CT molecular complexity index is 645. The third-order valence-electron chi connectivity index (χ3n) is 2.95. The molecule has 0 aliphatic carbocycles. The van der Waals surface area contributed by atoms with E-state index in [-0.39, 0.29) is 12.3 Å². The minimum absolute atomic E-state index is 0.0360. The summed E-state index contributed by atoms with van der Waals surface area (Å²) in [5, 5.41) is 11.0. The number of para-hydroxylation sites is 1. The van der Waals surface area contributed by atoms with Crippen LogP contribution in [0.1, 0.15) is 11.1 Å². The van der Waals surface area contributed by atoms with Crippen molar-refractivity contribution in [1.29, 1.82) is 0 Å². The Morgan fingerprint density at radius 1 is 1.19 bits per heavy atom. The van der Waals surface area contributed by atoms with Crippen molar-refractivity contribution in [3.05, 3.63) is 63.7 Å². The molecule has 0 atom stereocenters. The Balaban J connectivity index is 2.19. The van der Waals surface area contributed by atoms with Gasteiger partial charge in [0.15, 0.2) is 11.5 Å². The number of methoxy groups -OCH3 is 1. The second kappa shape index (κ2) is 6.95. The van der Waals surface area contributed by atoms with E-state index < -0.39 is 4.92 Å². The zero-order valence-corrected chi connectivity index (χ0v) is 12.2. The molecule has 0 radical (unpaired) electrons. The van der Waals surface area contributed by atoms with Gasteiger partial charge in [-0.25, -0.2) is 0 Å². The second-order valence-electron chi connectivity index (χ2n) is 4.29. The fraction of sp³-hybridized carbons (Fsp3) is 0.200. The van der Waals surface area contributed by atoms with Gasteiger partial charge in [0, 0.05) is 11.9 Å². The molecule has 0 heterocycles. The highest BCUT2D eigenvalue weighted by Gasteiger charge is 2.14. The molecule has 0 N–H and O–H groups in total. The molecule has 2 aromatic carbocycles. The lowest BCUT2D eigenvalue weighted by molar-refractivity contribution is -0.385. The van der Waals surface area contributed by atoms with Crippen LogP contribution in [0.25, 0.3) is 0 Å². The molecular formula is C15H14ClNO4. The Morgan fingerprint density at radius 2 is 1.95 bits per heavy atom. The monoisotopic (exact) mass is 307 g/mol. The number of hydrogen-bond donors (Lipinski definition) is 0. The van der Waals surface area contributed by atoms with Crippen LogP contribution in [0.3, 0.4) is 0 Å². The van der Waals surface area contributed by atoms with Crippen LogP contribution in [0.5, 0.6) is 11.5 Å². The molecule has 0 aliphatic heterocycles. The molecule has 0 saturated carbocycles. The Kier molecular flexibility index (Phi) is 5.00. The van der Waals surface area contributed by atoms with E-state index in [2.05, 4.69) is 0 Å². The number of nitro benzene ring substituents is 1. The lowest BCUT2D eigenvalue weighted by Gasteiger charge is -2.11. The summed E-state index contributed by atoms with van der Waals surface area (Å²) in [6, 6.07) is 11.8. The predicted octanol–water partition coefficient (Wildman–Crippen LogP) is 3.92. The second-order valence-corrected chi connectivity index (χ2v) is 4.56. The van der Waals surface area contributed by atoms with Gasteiger partial charge in [-0.2, -0.15) is 0 Å². The van der Waals surface area contributed by atoms with Crippen LogP contribution in [-0.2, 0) is 12.5 Å². The van der Waals surface area contributed by atoms with E-state index in [4.69, 9.17) is 21.1 Å². The molecule has 0 spiro atoms. The zero-order chi connectivity index (χ0) is 15.2. The van der Waals surface area contributed by atoms with E-state index in [1.165, 1.54) is 13.2 Å². The summed E-state index contributed by atoms with van der Waals surface area (Å²) in [5.41, 5.74) is 1.45. The van der Waals surface area contributed by atoms with Crippen LogP contribution in [0.2, 0.25) is 0 Å². The largest absolute Gasteiger partial charge is 0.493 e. The van der Waals surface area contributed by atoms with Gasteiger partial charge >= 0.3 is 0 Å². The number of alkyl halides is 1. The molecule has 0 bridgehead atoms.